The lowest BCUT2D eigenvalue weighted by molar-refractivity contribution is 0.0696. The van der Waals surface area contributed by atoms with Crippen molar-refractivity contribution in [2.24, 2.45) is 0 Å². The van der Waals surface area contributed by atoms with Gasteiger partial charge in [0.2, 0.25) is 0 Å². The van der Waals surface area contributed by atoms with Crippen molar-refractivity contribution in [3.05, 3.63) is 23.4 Å². The molecule has 1 aliphatic rings. The second kappa shape index (κ2) is 6.22. The number of carboxylic acids is 1. The fourth-order valence-corrected chi connectivity index (χ4v) is 2.87. The van der Waals surface area contributed by atoms with Crippen LogP contribution in [0.5, 0.6) is 0 Å². The standard InChI is InChI=1S/C15H23N3O2/c1-4-18-9-6-12(7-10-18)17(3)14-13(15(19)20)11(2)5-8-16-14/h5,8,12H,4,6-7,9-10H2,1-3H3,(H,19,20). The molecule has 1 aliphatic heterocycles. The van der Waals surface area contributed by atoms with Gasteiger partial charge in [0.15, 0.2) is 0 Å². The average Bonchev–Trinajstić information content (AvgIpc) is 2.46. The SMILES string of the molecule is CCN1CCC(N(C)c2nccc(C)c2C(=O)O)CC1. The first-order valence-corrected chi connectivity index (χ1v) is 7.18. The zero-order chi connectivity index (χ0) is 14.7. The zero-order valence-electron chi connectivity index (χ0n) is 12.5. The second-order valence-electron chi connectivity index (χ2n) is 5.41. The molecule has 1 fully saturated rings. The highest BCUT2D eigenvalue weighted by Crippen LogP contribution is 2.25. The van der Waals surface area contributed by atoms with Crippen LogP contribution >= 0.6 is 0 Å². The molecule has 2 heterocycles. The average molecular weight is 277 g/mol. The van der Waals surface area contributed by atoms with E-state index in [0.717, 1.165) is 38.0 Å². The summed E-state index contributed by atoms with van der Waals surface area (Å²) in [7, 11) is 1.96. The van der Waals surface area contributed by atoms with Gasteiger partial charge in [-0.05, 0) is 37.9 Å². The number of hydrogen-bond donors (Lipinski definition) is 1. The molecule has 2 rings (SSSR count). The van der Waals surface area contributed by atoms with Gasteiger partial charge in [0, 0.05) is 32.4 Å². The van der Waals surface area contributed by atoms with Crippen molar-refractivity contribution in [2.45, 2.75) is 32.7 Å². The van der Waals surface area contributed by atoms with E-state index in [9.17, 15) is 9.90 Å². The molecule has 0 amide bonds. The Bertz CT molecular complexity index is 482. The smallest absolute Gasteiger partial charge is 0.339 e. The number of hydrogen-bond acceptors (Lipinski definition) is 4. The minimum Gasteiger partial charge on any atom is -0.478 e. The minimum absolute atomic E-state index is 0.327. The van der Waals surface area contributed by atoms with E-state index in [4.69, 9.17) is 0 Å². The number of aryl methyl sites for hydroxylation is 1. The molecule has 0 bridgehead atoms. The van der Waals surface area contributed by atoms with Crippen LogP contribution in [0.25, 0.3) is 0 Å². The predicted octanol–water partition coefficient (Wildman–Crippen LogP) is 2.01. The van der Waals surface area contributed by atoms with Crippen LogP contribution in [0, 0.1) is 6.92 Å². The Morgan fingerprint density at radius 2 is 2.15 bits per heavy atom. The number of carbonyl (C=O) groups is 1. The second-order valence-corrected chi connectivity index (χ2v) is 5.41. The van der Waals surface area contributed by atoms with Crippen LogP contribution < -0.4 is 4.90 Å². The van der Waals surface area contributed by atoms with E-state index in [-0.39, 0.29) is 0 Å². The Morgan fingerprint density at radius 3 is 2.70 bits per heavy atom. The van der Waals surface area contributed by atoms with Crippen molar-refractivity contribution in [3.63, 3.8) is 0 Å². The summed E-state index contributed by atoms with van der Waals surface area (Å²) in [6.45, 7) is 7.22. The number of carboxylic acid groups (broad SMARTS) is 1. The third-order valence-electron chi connectivity index (χ3n) is 4.24. The molecule has 1 aromatic rings. The Kier molecular flexibility index (Phi) is 4.60. The van der Waals surface area contributed by atoms with Gasteiger partial charge in [0.05, 0.1) is 0 Å². The largest absolute Gasteiger partial charge is 0.478 e. The number of aromatic carboxylic acids is 1. The van der Waals surface area contributed by atoms with E-state index in [1.54, 1.807) is 12.3 Å². The van der Waals surface area contributed by atoms with E-state index in [0.29, 0.717) is 17.4 Å². The van der Waals surface area contributed by atoms with E-state index >= 15 is 0 Å². The van der Waals surface area contributed by atoms with Crippen LogP contribution in [0.1, 0.15) is 35.7 Å². The Balaban J connectivity index is 2.20. The lowest BCUT2D eigenvalue weighted by Crippen LogP contribution is -2.44. The van der Waals surface area contributed by atoms with Crippen LogP contribution in [0.3, 0.4) is 0 Å². The molecule has 0 aliphatic carbocycles. The van der Waals surface area contributed by atoms with Crippen LogP contribution in [0.4, 0.5) is 5.82 Å². The maximum Gasteiger partial charge on any atom is 0.339 e. The van der Waals surface area contributed by atoms with Crippen molar-refractivity contribution in [1.29, 1.82) is 0 Å². The molecular weight excluding hydrogens is 254 g/mol. The fourth-order valence-electron chi connectivity index (χ4n) is 2.87. The molecule has 5 heteroatoms. The Labute approximate surface area is 120 Å². The fraction of sp³-hybridized carbons (Fsp3) is 0.600. The van der Waals surface area contributed by atoms with Crippen LogP contribution in [-0.2, 0) is 0 Å². The summed E-state index contributed by atoms with van der Waals surface area (Å²) in [4.78, 5) is 20.2. The van der Waals surface area contributed by atoms with Crippen molar-refractivity contribution < 1.29 is 9.90 Å². The molecule has 1 N–H and O–H groups in total. The van der Waals surface area contributed by atoms with Gasteiger partial charge < -0.3 is 14.9 Å². The van der Waals surface area contributed by atoms with Gasteiger partial charge in [-0.2, -0.15) is 0 Å². The molecular formula is C15H23N3O2. The number of piperidine rings is 1. The quantitative estimate of drug-likeness (QED) is 0.912. The van der Waals surface area contributed by atoms with Crippen molar-refractivity contribution in [1.82, 2.24) is 9.88 Å². The van der Waals surface area contributed by atoms with E-state index in [1.807, 2.05) is 18.9 Å². The summed E-state index contributed by atoms with van der Waals surface area (Å²) in [6.07, 6.45) is 3.80. The van der Waals surface area contributed by atoms with Crippen molar-refractivity contribution >= 4 is 11.8 Å². The van der Waals surface area contributed by atoms with E-state index in [2.05, 4.69) is 16.8 Å². The molecule has 20 heavy (non-hydrogen) atoms. The number of rotatable bonds is 4. The first-order chi connectivity index (χ1) is 9.54. The first kappa shape index (κ1) is 14.8. The maximum atomic E-state index is 11.5. The van der Waals surface area contributed by atoms with Crippen LogP contribution in [-0.4, -0.2) is 53.7 Å². The van der Waals surface area contributed by atoms with Gasteiger partial charge >= 0.3 is 5.97 Å². The molecule has 0 unspecified atom stereocenters. The highest BCUT2D eigenvalue weighted by Gasteiger charge is 2.26. The number of anilines is 1. The Morgan fingerprint density at radius 1 is 1.50 bits per heavy atom. The van der Waals surface area contributed by atoms with E-state index in [1.165, 1.54) is 0 Å². The summed E-state index contributed by atoms with van der Waals surface area (Å²) in [5.41, 5.74) is 1.09. The highest BCUT2D eigenvalue weighted by molar-refractivity contribution is 5.94. The monoisotopic (exact) mass is 277 g/mol. The van der Waals surface area contributed by atoms with Gasteiger partial charge in [-0.3, -0.25) is 0 Å². The molecule has 0 aromatic carbocycles. The number of nitrogens with zero attached hydrogens (tertiary/aromatic N) is 3. The molecule has 0 radical (unpaired) electrons. The third-order valence-corrected chi connectivity index (χ3v) is 4.24. The molecule has 1 saturated heterocycles. The van der Waals surface area contributed by atoms with Crippen LogP contribution in [0.15, 0.2) is 12.3 Å². The topological polar surface area (TPSA) is 56.7 Å². The summed E-state index contributed by atoms with van der Waals surface area (Å²) in [6, 6.07) is 2.12. The lowest BCUT2D eigenvalue weighted by Gasteiger charge is -2.37. The molecule has 0 saturated carbocycles. The first-order valence-electron chi connectivity index (χ1n) is 7.18. The lowest BCUT2D eigenvalue weighted by atomic mass is 10.0. The Hall–Kier alpha value is -1.62. The number of aromatic nitrogens is 1. The van der Waals surface area contributed by atoms with Gasteiger partial charge in [-0.1, -0.05) is 6.92 Å². The maximum absolute atomic E-state index is 11.5. The van der Waals surface area contributed by atoms with Gasteiger partial charge in [-0.15, -0.1) is 0 Å². The van der Waals surface area contributed by atoms with E-state index < -0.39 is 5.97 Å². The number of likely N-dealkylation sites (tertiary alicyclic amines) is 1. The minimum atomic E-state index is -0.900. The summed E-state index contributed by atoms with van der Waals surface area (Å²) < 4.78 is 0. The third kappa shape index (κ3) is 2.93. The molecule has 0 spiro atoms. The molecule has 0 atom stereocenters. The summed E-state index contributed by atoms with van der Waals surface area (Å²) >= 11 is 0. The van der Waals surface area contributed by atoms with Crippen LogP contribution in [0.2, 0.25) is 0 Å². The van der Waals surface area contributed by atoms with Gasteiger partial charge in [-0.25, -0.2) is 9.78 Å². The molecule has 5 nitrogen and oxygen atoms in total. The van der Waals surface area contributed by atoms with Gasteiger partial charge in [0.1, 0.15) is 11.4 Å². The normalized spacial score (nSPS) is 17.1. The van der Waals surface area contributed by atoms with Gasteiger partial charge in [0.25, 0.3) is 0 Å². The predicted molar refractivity (Wildman–Crippen MR) is 79.5 cm³/mol. The van der Waals surface area contributed by atoms with Crippen molar-refractivity contribution in [3.8, 4) is 0 Å². The summed E-state index contributed by atoms with van der Waals surface area (Å²) in [5, 5.41) is 9.40. The summed E-state index contributed by atoms with van der Waals surface area (Å²) in [5.74, 6) is -0.309. The zero-order valence-corrected chi connectivity index (χ0v) is 12.5. The highest BCUT2D eigenvalue weighted by atomic mass is 16.4. The van der Waals surface area contributed by atoms with Crippen molar-refractivity contribution in [2.75, 3.05) is 31.6 Å². The number of pyridine rings is 1. The molecule has 1 aromatic heterocycles. The molecule has 110 valence electrons.